The lowest BCUT2D eigenvalue weighted by Crippen LogP contribution is -1.95. The van der Waals surface area contributed by atoms with Crippen LogP contribution in [0.25, 0.3) is 4.96 Å². The van der Waals surface area contributed by atoms with E-state index in [0.717, 1.165) is 23.5 Å². The first-order valence-electron chi connectivity index (χ1n) is 4.32. The number of thiazole rings is 1. The summed E-state index contributed by atoms with van der Waals surface area (Å²) < 4.78 is 2.11. The highest BCUT2D eigenvalue weighted by atomic mass is 35.5. The van der Waals surface area contributed by atoms with Crippen molar-refractivity contribution >= 4 is 27.9 Å². The van der Waals surface area contributed by atoms with Gasteiger partial charge in [-0.15, -0.1) is 22.9 Å². The van der Waals surface area contributed by atoms with E-state index in [4.69, 9.17) is 11.6 Å². The lowest BCUT2D eigenvalue weighted by atomic mass is 10.3. The number of hydrogen-bond acceptors (Lipinski definition) is 2. The number of nitrogens with zero attached hydrogens (tertiary/aromatic N) is 2. The first-order chi connectivity index (χ1) is 6.19. The molecule has 0 atom stereocenters. The summed E-state index contributed by atoms with van der Waals surface area (Å²) in [6.07, 6.45) is 4.21. The largest absolute Gasteiger partial charge is 0.295 e. The molecule has 0 N–H and O–H groups in total. The molecule has 3 rings (SSSR count). The quantitative estimate of drug-likeness (QED) is 0.665. The molecule has 0 aromatic carbocycles. The van der Waals surface area contributed by atoms with E-state index < -0.39 is 0 Å². The van der Waals surface area contributed by atoms with Gasteiger partial charge in [-0.1, -0.05) is 0 Å². The van der Waals surface area contributed by atoms with Crippen LogP contribution in [0.15, 0.2) is 11.6 Å². The van der Waals surface area contributed by atoms with Gasteiger partial charge >= 0.3 is 0 Å². The zero-order valence-corrected chi connectivity index (χ0v) is 8.82. The Hall–Kier alpha value is -0.540. The van der Waals surface area contributed by atoms with Crippen LogP contribution in [0.3, 0.4) is 0 Å². The van der Waals surface area contributed by atoms with Crippen LogP contribution < -0.4 is 0 Å². The molecule has 1 aliphatic rings. The van der Waals surface area contributed by atoms with Gasteiger partial charge in [0.25, 0.3) is 0 Å². The van der Waals surface area contributed by atoms with E-state index >= 15 is 0 Å². The van der Waals surface area contributed by atoms with E-state index in [2.05, 4.69) is 27.9 Å². The lowest BCUT2D eigenvalue weighted by molar-refractivity contribution is 0.957. The van der Waals surface area contributed by atoms with Crippen LogP contribution in [0.1, 0.15) is 24.2 Å². The van der Waals surface area contributed by atoms with Gasteiger partial charge in [-0.2, -0.15) is 0 Å². The summed E-state index contributed by atoms with van der Waals surface area (Å²) >= 11 is 7.95. The third kappa shape index (κ3) is 1.04. The number of imidazole rings is 1. The van der Waals surface area contributed by atoms with E-state index in [-0.39, 0.29) is 4.87 Å². The first kappa shape index (κ1) is 7.83. The maximum absolute atomic E-state index is 6.28. The number of aromatic nitrogens is 2. The maximum atomic E-state index is 6.28. The van der Waals surface area contributed by atoms with E-state index in [9.17, 15) is 0 Å². The molecule has 2 heterocycles. The van der Waals surface area contributed by atoms with Gasteiger partial charge in [-0.25, -0.2) is 4.98 Å². The molecule has 2 aromatic rings. The fourth-order valence-electron chi connectivity index (χ4n) is 1.48. The van der Waals surface area contributed by atoms with Crippen molar-refractivity contribution in [3.63, 3.8) is 0 Å². The highest BCUT2D eigenvalue weighted by Gasteiger charge is 2.44. The highest BCUT2D eigenvalue weighted by molar-refractivity contribution is 7.15. The Morgan fingerprint density at radius 2 is 2.38 bits per heavy atom. The molecule has 1 aliphatic carbocycles. The second kappa shape index (κ2) is 2.28. The molecule has 1 fully saturated rings. The number of rotatable bonds is 1. The van der Waals surface area contributed by atoms with Crippen molar-refractivity contribution in [3.05, 3.63) is 23.0 Å². The minimum atomic E-state index is -0.127. The Morgan fingerprint density at radius 1 is 1.62 bits per heavy atom. The van der Waals surface area contributed by atoms with Crippen molar-refractivity contribution in [1.29, 1.82) is 0 Å². The van der Waals surface area contributed by atoms with Crippen LogP contribution in [0, 0.1) is 6.92 Å². The van der Waals surface area contributed by atoms with Crippen LogP contribution in [-0.4, -0.2) is 9.38 Å². The van der Waals surface area contributed by atoms with Crippen LogP contribution in [-0.2, 0) is 4.87 Å². The number of halogens is 1. The Kier molecular flexibility index (Phi) is 1.37. The smallest absolute Gasteiger partial charge is 0.194 e. The predicted octanol–water partition coefficient (Wildman–Crippen LogP) is 2.93. The van der Waals surface area contributed by atoms with E-state index in [1.54, 1.807) is 11.3 Å². The van der Waals surface area contributed by atoms with E-state index in [1.807, 2.05) is 0 Å². The molecule has 0 aliphatic heterocycles. The predicted molar refractivity (Wildman–Crippen MR) is 54.6 cm³/mol. The zero-order valence-electron chi connectivity index (χ0n) is 7.25. The third-order valence-corrected chi connectivity index (χ3v) is 4.07. The first-order valence-corrected chi connectivity index (χ1v) is 5.57. The fourth-order valence-corrected chi connectivity index (χ4v) is 2.51. The molecule has 0 bridgehead atoms. The van der Waals surface area contributed by atoms with Crippen LogP contribution >= 0.6 is 22.9 Å². The monoisotopic (exact) mass is 212 g/mol. The second-order valence-corrected chi connectivity index (χ2v) is 5.18. The molecule has 2 nitrogen and oxygen atoms in total. The van der Waals surface area contributed by atoms with Gasteiger partial charge in [0, 0.05) is 17.3 Å². The van der Waals surface area contributed by atoms with Crippen molar-refractivity contribution in [2.75, 3.05) is 0 Å². The molecule has 1 saturated carbocycles. The lowest BCUT2D eigenvalue weighted by Gasteiger charge is -1.97. The van der Waals surface area contributed by atoms with Gasteiger partial charge in [-0.3, -0.25) is 4.40 Å². The van der Waals surface area contributed by atoms with E-state index in [1.165, 1.54) is 5.69 Å². The maximum Gasteiger partial charge on any atom is 0.194 e. The number of fused-ring (bicyclic) bond motifs is 1. The minimum absolute atomic E-state index is 0.127. The second-order valence-electron chi connectivity index (χ2n) is 3.62. The van der Waals surface area contributed by atoms with Gasteiger partial charge in [0.1, 0.15) is 0 Å². The summed E-state index contributed by atoms with van der Waals surface area (Å²) in [7, 11) is 0. The SMILES string of the molecule is Cc1csc2nc(C3(Cl)CC3)cn12. The topological polar surface area (TPSA) is 17.3 Å². The number of hydrogen-bond donors (Lipinski definition) is 0. The average molecular weight is 213 g/mol. The van der Waals surface area contributed by atoms with Crippen LogP contribution in [0.2, 0.25) is 0 Å². The van der Waals surface area contributed by atoms with Crippen molar-refractivity contribution in [2.45, 2.75) is 24.6 Å². The molecule has 0 spiro atoms. The van der Waals surface area contributed by atoms with Crippen molar-refractivity contribution in [3.8, 4) is 0 Å². The van der Waals surface area contributed by atoms with Crippen molar-refractivity contribution in [2.24, 2.45) is 0 Å². The van der Waals surface area contributed by atoms with Crippen LogP contribution in [0.4, 0.5) is 0 Å². The van der Waals surface area contributed by atoms with Crippen molar-refractivity contribution < 1.29 is 0 Å². The summed E-state index contributed by atoms with van der Waals surface area (Å²) in [5.41, 5.74) is 2.28. The van der Waals surface area contributed by atoms with Gasteiger partial charge in [0.15, 0.2) is 4.96 Å². The molecular weight excluding hydrogens is 204 g/mol. The van der Waals surface area contributed by atoms with Gasteiger partial charge in [0.2, 0.25) is 0 Å². The summed E-state index contributed by atoms with van der Waals surface area (Å²) in [6, 6.07) is 0. The molecule has 2 aromatic heterocycles. The fraction of sp³-hybridized carbons (Fsp3) is 0.444. The normalized spacial score (nSPS) is 19.5. The molecule has 13 heavy (non-hydrogen) atoms. The van der Waals surface area contributed by atoms with Gasteiger partial charge in [0.05, 0.1) is 10.6 Å². The third-order valence-electron chi connectivity index (χ3n) is 2.54. The Labute approximate surface area is 85.2 Å². The average Bonchev–Trinajstić information content (AvgIpc) is 2.63. The van der Waals surface area contributed by atoms with E-state index in [0.29, 0.717) is 0 Å². The Morgan fingerprint density at radius 3 is 3.00 bits per heavy atom. The molecule has 68 valence electrons. The highest BCUT2D eigenvalue weighted by Crippen LogP contribution is 2.51. The zero-order chi connectivity index (χ0) is 9.05. The summed E-state index contributed by atoms with van der Waals surface area (Å²) in [5.74, 6) is 0. The molecular formula is C9H9ClN2S. The molecule has 0 unspecified atom stereocenters. The number of alkyl halides is 1. The standard InChI is InChI=1S/C9H9ClN2S/c1-6-5-13-8-11-7(4-12(6)8)9(10)2-3-9/h4-5H,2-3H2,1H3. The summed E-state index contributed by atoms with van der Waals surface area (Å²) in [6.45, 7) is 2.09. The van der Waals surface area contributed by atoms with Gasteiger partial charge in [-0.05, 0) is 19.8 Å². The molecule has 0 amide bonds. The van der Waals surface area contributed by atoms with Crippen molar-refractivity contribution in [1.82, 2.24) is 9.38 Å². The minimum Gasteiger partial charge on any atom is -0.295 e. The number of aryl methyl sites for hydroxylation is 1. The Balaban J connectivity index is 2.22. The Bertz CT molecular complexity index is 467. The van der Waals surface area contributed by atoms with Gasteiger partial charge < -0.3 is 0 Å². The molecule has 4 heteroatoms. The summed E-state index contributed by atoms with van der Waals surface area (Å²) in [4.78, 5) is 5.45. The molecule has 0 radical (unpaired) electrons. The molecule has 0 saturated heterocycles. The van der Waals surface area contributed by atoms with Crippen LogP contribution in [0.5, 0.6) is 0 Å². The summed E-state index contributed by atoms with van der Waals surface area (Å²) in [5, 5.41) is 2.11.